The van der Waals surface area contributed by atoms with Crippen molar-refractivity contribution in [2.24, 2.45) is 11.7 Å². The van der Waals surface area contributed by atoms with Crippen molar-refractivity contribution in [2.45, 2.75) is 44.5 Å². The smallest absolute Gasteiger partial charge is 0.404 e. The molecule has 0 saturated carbocycles. The Labute approximate surface area is 218 Å². The number of fused-ring (bicyclic) bond motifs is 4. The summed E-state index contributed by atoms with van der Waals surface area (Å²) in [6, 6.07) is 0.0725. The average molecular weight is 540 g/mol. The van der Waals surface area contributed by atoms with Crippen LogP contribution >= 0.6 is 21.6 Å². The third kappa shape index (κ3) is 4.73. The van der Waals surface area contributed by atoms with Gasteiger partial charge < -0.3 is 36.1 Å². The number of primary amides is 1. The van der Waals surface area contributed by atoms with Gasteiger partial charge in [-0.05, 0) is 13.3 Å². The topological polar surface area (TPSA) is 162 Å². The minimum Gasteiger partial charge on any atom is -0.449 e. The number of piperazine rings is 1. The normalized spacial score (nSPS) is 28.2. The van der Waals surface area contributed by atoms with Crippen LogP contribution in [0.15, 0.2) is 22.5 Å². The van der Waals surface area contributed by atoms with Crippen LogP contribution in [0.2, 0.25) is 0 Å². The zero-order chi connectivity index (χ0) is 26.0. The van der Waals surface area contributed by atoms with Gasteiger partial charge in [0.25, 0.3) is 0 Å². The fourth-order valence-electron chi connectivity index (χ4n) is 5.39. The van der Waals surface area contributed by atoms with Gasteiger partial charge in [-0.3, -0.25) is 14.4 Å². The van der Waals surface area contributed by atoms with E-state index in [-0.39, 0.29) is 41.9 Å². The summed E-state index contributed by atoms with van der Waals surface area (Å²) in [5.74, 6) is 0.400. The number of hydrogen-bond acceptors (Lipinski definition) is 11. The number of nitrogens with zero attached hydrogens (tertiary/aromatic N) is 1. The van der Waals surface area contributed by atoms with Crippen molar-refractivity contribution in [3.05, 3.63) is 22.5 Å². The first-order valence-corrected chi connectivity index (χ1v) is 14.6. The number of allylic oxidation sites excluding steroid dienone is 2. The number of amides is 2. The number of ether oxygens (including phenoxy) is 2. The van der Waals surface area contributed by atoms with Crippen LogP contribution in [-0.2, 0) is 23.9 Å². The van der Waals surface area contributed by atoms with Crippen LogP contribution in [-0.4, -0.2) is 91.1 Å². The van der Waals surface area contributed by atoms with E-state index < -0.39 is 17.7 Å². The fourth-order valence-corrected chi connectivity index (χ4v) is 7.20. The number of ketones is 2. The number of carbonyl (C=O) groups is 4. The Morgan fingerprint density at radius 1 is 1.22 bits per heavy atom. The summed E-state index contributed by atoms with van der Waals surface area (Å²) in [6.45, 7) is 5.10. The number of Topliss-reactive ketones (excluding diaryl/α,β-unsaturated/α-hetero) is 2. The van der Waals surface area contributed by atoms with Crippen LogP contribution < -0.4 is 21.7 Å². The summed E-state index contributed by atoms with van der Waals surface area (Å²) >= 11 is 0. The number of rotatable bonds is 13. The van der Waals surface area contributed by atoms with E-state index in [0.717, 1.165) is 12.2 Å². The summed E-state index contributed by atoms with van der Waals surface area (Å²) in [5, 5.41) is 9.37. The van der Waals surface area contributed by atoms with E-state index in [1.54, 1.807) is 35.6 Å². The zero-order valence-corrected chi connectivity index (χ0v) is 22.3. The van der Waals surface area contributed by atoms with E-state index in [2.05, 4.69) is 16.0 Å². The highest BCUT2D eigenvalue weighted by Crippen LogP contribution is 2.55. The molecular weight excluding hydrogens is 506 g/mol. The zero-order valence-electron chi connectivity index (χ0n) is 20.7. The lowest BCUT2D eigenvalue weighted by Gasteiger charge is -2.39. The van der Waals surface area contributed by atoms with Crippen molar-refractivity contribution >= 4 is 45.2 Å². The molecule has 13 heteroatoms. The number of methoxy groups -OCH3 is 1. The van der Waals surface area contributed by atoms with Gasteiger partial charge in [0.1, 0.15) is 6.61 Å². The molecule has 4 aliphatic rings. The van der Waals surface area contributed by atoms with E-state index in [9.17, 15) is 19.2 Å². The van der Waals surface area contributed by atoms with E-state index in [1.807, 2.05) is 11.8 Å². The van der Waals surface area contributed by atoms with Crippen LogP contribution in [0.4, 0.5) is 4.79 Å². The van der Waals surface area contributed by atoms with Crippen LogP contribution in [0, 0.1) is 5.92 Å². The van der Waals surface area contributed by atoms with Crippen molar-refractivity contribution in [3.63, 3.8) is 0 Å². The van der Waals surface area contributed by atoms with Crippen molar-refractivity contribution in [1.29, 1.82) is 0 Å². The molecule has 2 saturated heterocycles. The van der Waals surface area contributed by atoms with Crippen LogP contribution in [0.25, 0.3) is 0 Å². The molecule has 2 amide bonds. The Bertz CT molecular complexity index is 1020. The van der Waals surface area contributed by atoms with E-state index in [0.29, 0.717) is 48.7 Å². The van der Waals surface area contributed by atoms with Gasteiger partial charge in [0, 0.05) is 61.9 Å². The Morgan fingerprint density at radius 3 is 2.61 bits per heavy atom. The monoisotopic (exact) mass is 539 g/mol. The van der Waals surface area contributed by atoms with Gasteiger partial charge in [-0.1, -0.05) is 28.5 Å². The molecule has 4 atom stereocenters. The summed E-state index contributed by atoms with van der Waals surface area (Å²) in [5.41, 5.74) is 5.53. The highest BCUT2D eigenvalue weighted by molar-refractivity contribution is 8.76. The number of nitrogens with one attached hydrogen (secondary N) is 3. The predicted octanol–water partition coefficient (Wildman–Crippen LogP) is 0.277. The van der Waals surface area contributed by atoms with Crippen molar-refractivity contribution in [2.75, 3.05) is 44.9 Å². The number of carbonyl (C=O) groups excluding carboxylic acids is 4. The van der Waals surface area contributed by atoms with Gasteiger partial charge >= 0.3 is 6.09 Å². The summed E-state index contributed by atoms with van der Waals surface area (Å²) in [7, 11) is 4.81. The molecule has 0 aromatic carbocycles. The first-order valence-electron chi connectivity index (χ1n) is 12.1. The van der Waals surface area contributed by atoms with Gasteiger partial charge in [-0.25, -0.2) is 4.79 Å². The molecule has 0 aromatic heterocycles. The Hall–Kier alpha value is -2.22. The molecule has 3 unspecified atom stereocenters. The predicted molar refractivity (Wildman–Crippen MR) is 137 cm³/mol. The molecule has 0 bridgehead atoms. The van der Waals surface area contributed by atoms with Gasteiger partial charge in [-0.15, -0.1) is 0 Å². The highest BCUT2D eigenvalue weighted by Gasteiger charge is 2.72. The lowest BCUT2D eigenvalue weighted by Crippen LogP contribution is -2.55. The van der Waals surface area contributed by atoms with E-state index >= 15 is 0 Å². The van der Waals surface area contributed by atoms with Crippen molar-refractivity contribution in [1.82, 2.24) is 20.9 Å². The maximum Gasteiger partial charge on any atom is 0.404 e. The number of nitrogens with two attached hydrogens (primary N) is 1. The third-order valence-electron chi connectivity index (χ3n) is 6.98. The Morgan fingerprint density at radius 2 is 1.94 bits per heavy atom. The van der Waals surface area contributed by atoms with Crippen molar-refractivity contribution in [3.8, 4) is 0 Å². The fraction of sp³-hybridized carbons (Fsp3) is 0.652. The number of hydrogen-bond donors (Lipinski definition) is 4. The summed E-state index contributed by atoms with van der Waals surface area (Å²) < 4.78 is 11.1. The lowest BCUT2D eigenvalue weighted by atomic mass is 9.82. The minimum absolute atomic E-state index is 0.0662. The maximum atomic E-state index is 13.7. The third-order valence-corrected chi connectivity index (χ3v) is 9.39. The van der Waals surface area contributed by atoms with Crippen molar-refractivity contribution < 1.29 is 28.7 Å². The SMILES string of the molecule is CCCC(=O)NCCSSCCNC1=C(C)C(=O)C2=C(C1=O)C(COC(N)=O)[C@@]1(OC)C3NC3CN21. The Balaban J connectivity index is 1.38. The molecule has 0 radical (unpaired) electrons. The molecule has 3 heterocycles. The maximum absolute atomic E-state index is 13.7. The molecule has 4 rings (SSSR count). The first kappa shape index (κ1) is 26.8. The molecule has 0 spiro atoms. The molecule has 1 aliphatic carbocycles. The molecule has 3 aliphatic heterocycles. The second kappa shape index (κ2) is 11.0. The van der Waals surface area contributed by atoms with Gasteiger partial charge in [0.15, 0.2) is 5.72 Å². The first-order chi connectivity index (χ1) is 17.3. The standard InChI is InChI=1S/C23H33N5O6S2/c1-4-5-15(29)25-6-8-35-36-9-7-26-17-12(2)19(30)18-16(20(17)31)13(11-34-22(24)32)23(33-3)21-14(27-21)10-28(18)23/h13-14,21,26-27H,4-11H2,1-3H3,(H2,24,32)(H,25,29)/t13?,14?,21?,23-/m1/s1. The molecule has 0 aromatic rings. The lowest BCUT2D eigenvalue weighted by molar-refractivity contribution is -0.137. The summed E-state index contributed by atoms with van der Waals surface area (Å²) in [4.78, 5) is 51.9. The molecule has 36 heavy (non-hydrogen) atoms. The second-order valence-electron chi connectivity index (χ2n) is 9.09. The van der Waals surface area contributed by atoms with E-state index in [1.165, 1.54) is 0 Å². The molecule has 198 valence electrons. The second-order valence-corrected chi connectivity index (χ2v) is 11.8. The average Bonchev–Trinajstić information content (AvgIpc) is 3.45. The van der Waals surface area contributed by atoms with Gasteiger partial charge in [-0.2, -0.15) is 0 Å². The van der Waals surface area contributed by atoms with Crippen LogP contribution in [0.3, 0.4) is 0 Å². The highest BCUT2D eigenvalue weighted by atomic mass is 33.1. The molecule has 5 N–H and O–H groups in total. The minimum atomic E-state index is -0.981. The van der Waals surface area contributed by atoms with E-state index in [4.69, 9.17) is 15.2 Å². The van der Waals surface area contributed by atoms with Crippen LogP contribution in [0.5, 0.6) is 0 Å². The molecule has 2 fully saturated rings. The van der Waals surface area contributed by atoms with Crippen LogP contribution in [0.1, 0.15) is 26.7 Å². The van der Waals surface area contributed by atoms with Gasteiger partial charge in [0.2, 0.25) is 17.5 Å². The molecule has 11 nitrogen and oxygen atoms in total. The van der Waals surface area contributed by atoms with Gasteiger partial charge in [0.05, 0.1) is 23.4 Å². The quantitative estimate of drug-likeness (QED) is 0.110. The Kier molecular flexibility index (Phi) is 8.22. The summed E-state index contributed by atoms with van der Waals surface area (Å²) in [6.07, 6.45) is 0.423. The largest absolute Gasteiger partial charge is 0.449 e. The molecular formula is C23H33N5O6S2.